The van der Waals surface area contributed by atoms with Crippen LogP contribution in [-0.2, 0) is 11.3 Å². The van der Waals surface area contributed by atoms with Crippen LogP contribution in [0.1, 0.15) is 31.2 Å². The highest BCUT2D eigenvalue weighted by Crippen LogP contribution is 2.11. The van der Waals surface area contributed by atoms with Crippen molar-refractivity contribution in [2.45, 2.75) is 38.3 Å². The van der Waals surface area contributed by atoms with Gasteiger partial charge < -0.3 is 10.6 Å². The summed E-state index contributed by atoms with van der Waals surface area (Å²) in [6.45, 7) is 1.12. The lowest BCUT2D eigenvalue weighted by molar-refractivity contribution is -0.121. The summed E-state index contributed by atoms with van der Waals surface area (Å²) in [4.78, 5) is 11.6. The average Bonchev–Trinajstić information content (AvgIpc) is 2.88. The lowest BCUT2D eigenvalue weighted by Gasteiger charge is -2.10. The Kier molecular flexibility index (Phi) is 6.88. The highest BCUT2D eigenvalue weighted by atomic mass is 35.5. The van der Waals surface area contributed by atoms with Gasteiger partial charge in [-0.2, -0.15) is 0 Å². The molecule has 0 saturated carbocycles. The SMILES string of the molecule is Cl.O=C(CCC1CCCN1)NCc1ccc(F)cc1F. The Morgan fingerprint density at radius 3 is 2.85 bits per heavy atom. The smallest absolute Gasteiger partial charge is 0.220 e. The summed E-state index contributed by atoms with van der Waals surface area (Å²) in [6.07, 6.45) is 3.51. The van der Waals surface area contributed by atoms with Crippen molar-refractivity contribution in [2.75, 3.05) is 6.54 Å². The van der Waals surface area contributed by atoms with Gasteiger partial charge in [-0.1, -0.05) is 6.07 Å². The van der Waals surface area contributed by atoms with Crippen LogP contribution in [0.3, 0.4) is 0 Å². The third-order valence-corrected chi connectivity index (χ3v) is 3.37. The number of hydrogen-bond acceptors (Lipinski definition) is 2. The maximum atomic E-state index is 13.3. The fourth-order valence-electron chi connectivity index (χ4n) is 2.26. The molecule has 1 aliphatic heterocycles. The summed E-state index contributed by atoms with van der Waals surface area (Å²) in [6, 6.07) is 3.79. The number of rotatable bonds is 5. The van der Waals surface area contributed by atoms with E-state index in [1.54, 1.807) is 0 Å². The maximum absolute atomic E-state index is 13.3. The molecule has 2 rings (SSSR count). The first kappa shape index (κ1) is 16.9. The van der Waals surface area contributed by atoms with E-state index in [2.05, 4.69) is 10.6 Å². The van der Waals surface area contributed by atoms with Crippen LogP contribution in [0.4, 0.5) is 8.78 Å². The number of carbonyl (C=O) groups excluding carboxylic acids is 1. The standard InChI is InChI=1S/C14H18F2N2O.ClH/c15-11-4-3-10(13(16)8-11)9-18-14(19)6-5-12-2-1-7-17-12;/h3-4,8,12,17H,1-2,5-7,9H2,(H,18,19);1H. The van der Waals surface area contributed by atoms with Crippen molar-refractivity contribution >= 4 is 18.3 Å². The second kappa shape index (κ2) is 8.17. The van der Waals surface area contributed by atoms with Gasteiger partial charge in [0, 0.05) is 30.6 Å². The minimum Gasteiger partial charge on any atom is -0.352 e. The topological polar surface area (TPSA) is 41.1 Å². The van der Waals surface area contributed by atoms with Crippen molar-refractivity contribution in [2.24, 2.45) is 0 Å². The van der Waals surface area contributed by atoms with Crippen molar-refractivity contribution in [3.05, 3.63) is 35.4 Å². The van der Waals surface area contributed by atoms with Crippen molar-refractivity contribution < 1.29 is 13.6 Å². The molecule has 0 aromatic heterocycles. The van der Waals surface area contributed by atoms with Crippen LogP contribution in [0.5, 0.6) is 0 Å². The zero-order chi connectivity index (χ0) is 13.7. The third-order valence-electron chi connectivity index (χ3n) is 3.37. The van der Waals surface area contributed by atoms with Crippen molar-refractivity contribution in [3.63, 3.8) is 0 Å². The third kappa shape index (κ3) is 5.06. The van der Waals surface area contributed by atoms with E-state index in [9.17, 15) is 13.6 Å². The van der Waals surface area contributed by atoms with Gasteiger partial charge in [0.15, 0.2) is 0 Å². The molecule has 1 atom stereocenters. The summed E-state index contributed by atoms with van der Waals surface area (Å²) < 4.78 is 26.0. The van der Waals surface area contributed by atoms with Crippen molar-refractivity contribution in [3.8, 4) is 0 Å². The highest BCUT2D eigenvalue weighted by molar-refractivity contribution is 5.85. The molecule has 2 N–H and O–H groups in total. The lowest BCUT2D eigenvalue weighted by Crippen LogP contribution is -2.27. The number of carbonyl (C=O) groups is 1. The molecule has 3 nitrogen and oxygen atoms in total. The molecular weight excluding hydrogens is 286 g/mol. The van der Waals surface area contributed by atoms with E-state index in [0.29, 0.717) is 18.0 Å². The van der Waals surface area contributed by atoms with Crippen LogP contribution in [0.15, 0.2) is 18.2 Å². The van der Waals surface area contributed by atoms with Gasteiger partial charge in [0.1, 0.15) is 11.6 Å². The zero-order valence-electron chi connectivity index (χ0n) is 11.1. The number of benzene rings is 1. The average molecular weight is 305 g/mol. The van der Waals surface area contributed by atoms with Crippen LogP contribution >= 0.6 is 12.4 Å². The Morgan fingerprint density at radius 2 is 2.20 bits per heavy atom. The lowest BCUT2D eigenvalue weighted by atomic mass is 10.1. The molecule has 1 heterocycles. The molecule has 1 fully saturated rings. The van der Waals surface area contributed by atoms with E-state index in [1.165, 1.54) is 12.1 Å². The van der Waals surface area contributed by atoms with Crippen LogP contribution in [0.2, 0.25) is 0 Å². The van der Waals surface area contributed by atoms with Gasteiger partial charge >= 0.3 is 0 Å². The minimum atomic E-state index is -0.627. The zero-order valence-corrected chi connectivity index (χ0v) is 11.9. The normalized spacial score (nSPS) is 17.6. The number of amides is 1. The molecule has 6 heteroatoms. The van der Waals surface area contributed by atoms with E-state index in [1.807, 2.05) is 0 Å². The Bertz CT molecular complexity index is 451. The largest absolute Gasteiger partial charge is 0.352 e. The number of hydrogen-bond donors (Lipinski definition) is 2. The van der Waals surface area contributed by atoms with Gasteiger partial charge in [-0.05, 0) is 31.9 Å². The molecule has 0 bridgehead atoms. The van der Waals surface area contributed by atoms with E-state index >= 15 is 0 Å². The monoisotopic (exact) mass is 304 g/mol. The van der Waals surface area contributed by atoms with E-state index in [-0.39, 0.29) is 24.9 Å². The molecule has 1 amide bonds. The predicted molar refractivity (Wildman–Crippen MR) is 75.7 cm³/mol. The predicted octanol–water partition coefficient (Wildman–Crippen LogP) is 2.54. The van der Waals surface area contributed by atoms with Gasteiger partial charge in [0.05, 0.1) is 0 Å². The second-order valence-electron chi connectivity index (χ2n) is 4.84. The van der Waals surface area contributed by atoms with E-state index in [4.69, 9.17) is 0 Å². The van der Waals surface area contributed by atoms with E-state index < -0.39 is 11.6 Å². The quantitative estimate of drug-likeness (QED) is 0.878. The van der Waals surface area contributed by atoms with Crippen LogP contribution in [-0.4, -0.2) is 18.5 Å². The van der Waals surface area contributed by atoms with Gasteiger partial charge in [0.2, 0.25) is 5.91 Å². The minimum absolute atomic E-state index is 0. The highest BCUT2D eigenvalue weighted by Gasteiger charge is 2.15. The molecule has 0 aliphatic carbocycles. The van der Waals surface area contributed by atoms with Gasteiger partial charge in [-0.3, -0.25) is 4.79 Å². The Balaban J connectivity index is 0.00000200. The fraction of sp³-hybridized carbons (Fsp3) is 0.500. The van der Waals surface area contributed by atoms with Crippen molar-refractivity contribution in [1.82, 2.24) is 10.6 Å². The molecule has 1 unspecified atom stereocenters. The van der Waals surface area contributed by atoms with E-state index in [0.717, 1.165) is 31.9 Å². The van der Waals surface area contributed by atoms with Crippen LogP contribution < -0.4 is 10.6 Å². The molecule has 112 valence electrons. The number of nitrogens with one attached hydrogen (secondary N) is 2. The molecule has 0 spiro atoms. The summed E-state index contributed by atoms with van der Waals surface area (Å²) >= 11 is 0. The van der Waals surface area contributed by atoms with Crippen LogP contribution in [0.25, 0.3) is 0 Å². The number of halogens is 3. The molecule has 1 aromatic carbocycles. The first-order chi connectivity index (χ1) is 9.15. The summed E-state index contributed by atoms with van der Waals surface area (Å²) in [5.74, 6) is -1.34. The molecule has 0 radical (unpaired) electrons. The van der Waals surface area contributed by atoms with Gasteiger partial charge in [0.25, 0.3) is 0 Å². The van der Waals surface area contributed by atoms with Crippen LogP contribution in [0, 0.1) is 11.6 Å². The second-order valence-corrected chi connectivity index (χ2v) is 4.84. The van der Waals surface area contributed by atoms with Gasteiger partial charge in [-0.15, -0.1) is 12.4 Å². The summed E-state index contributed by atoms with van der Waals surface area (Å²) in [5.41, 5.74) is 0.300. The summed E-state index contributed by atoms with van der Waals surface area (Å²) in [5, 5.41) is 5.97. The molecular formula is C14H19ClF2N2O. The molecule has 20 heavy (non-hydrogen) atoms. The maximum Gasteiger partial charge on any atom is 0.220 e. The first-order valence-electron chi connectivity index (χ1n) is 6.59. The van der Waals surface area contributed by atoms with Crippen molar-refractivity contribution in [1.29, 1.82) is 0 Å². The fourth-order valence-corrected chi connectivity index (χ4v) is 2.26. The molecule has 1 aromatic rings. The van der Waals surface area contributed by atoms with Gasteiger partial charge in [-0.25, -0.2) is 8.78 Å². The summed E-state index contributed by atoms with van der Waals surface area (Å²) in [7, 11) is 0. The first-order valence-corrected chi connectivity index (χ1v) is 6.59. The Morgan fingerprint density at radius 1 is 1.40 bits per heavy atom. The molecule has 1 aliphatic rings. The Labute approximate surface area is 123 Å². The Hall–Kier alpha value is -1.20. The molecule has 1 saturated heterocycles.